The lowest BCUT2D eigenvalue weighted by molar-refractivity contribution is -0.113. The van der Waals surface area contributed by atoms with Crippen molar-refractivity contribution in [3.8, 4) is 0 Å². The SMILES string of the molecule is Cc1cccc(SCC(=O)Nc2cccc(N)c2C)c1. The van der Waals surface area contributed by atoms with Gasteiger partial charge >= 0.3 is 0 Å². The second-order valence-corrected chi connectivity index (χ2v) is 5.72. The molecular weight excluding hydrogens is 268 g/mol. The number of carbonyl (C=O) groups excluding carboxylic acids is 1. The third-order valence-corrected chi connectivity index (χ3v) is 4.00. The zero-order chi connectivity index (χ0) is 14.5. The van der Waals surface area contributed by atoms with Gasteiger partial charge in [0.2, 0.25) is 5.91 Å². The van der Waals surface area contributed by atoms with E-state index >= 15 is 0 Å². The average molecular weight is 286 g/mol. The summed E-state index contributed by atoms with van der Waals surface area (Å²) in [7, 11) is 0. The molecule has 20 heavy (non-hydrogen) atoms. The van der Waals surface area contributed by atoms with Crippen LogP contribution in [0, 0.1) is 13.8 Å². The van der Waals surface area contributed by atoms with Crippen molar-refractivity contribution in [1.82, 2.24) is 0 Å². The topological polar surface area (TPSA) is 55.1 Å². The minimum atomic E-state index is -0.0230. The van der Waals surface area contributed by atoms with Gasteiger partial charge in [0.25, 0.3) is 0 Å². The lowest BCUT2D eigenvalue weighted by atomic mass is 10.1. The third kappa shape index (κ3) is 3.78. The molecule has 4 heteroatoms. The number of nitrogens with one attached hydrogen (secondary N) is 1. The minimum Gasteiger partial charge on any atom is -0.398 e. The van der Waals surface area contributed by atoms with Gasteiger partial charge in [0.05, 0.1) is 5.75 Å². The molecule has 0 heterocycles. The van der Waals surface area contributed by atoms with Crippen LogP contribution in [0.3, 0.4) is 0 Å². The van der Waals surface area contributed by atoms with Gasteiger partial charge in [-0.3, -0.25) is 4.79 Å². The Morgan fingerprint density at radius 3 is 2.70 bits per heavy atom. The average Bonchev–Trinajstić information content (AvgIpc) is 2.42. The molecule has 0 aliphatic heterocycles. The molecule has 2 aromatic carbocycles. The Bertz CT molecular complexity index is 626. The summed E-state index contributed by atoms with van der Waals surface area (Å²) >= 11 is 1.53. The molecule has 1 amide bonds. The van der Waals surface area contributed by atoms with Gasteiger partial charge in [0, 0.05) is 16.3 Å². The number of carbonyl (C=O) groups is 1. The fourth-order valence-corrected chi connectivity index (χ4v) is 2.64. The molecule has 0 aliphatic carbocycles. The maximum Gasteiger partial charge on any atom is 0.234 e. The van der Waals surface area contributed by atoms with E-state index < -0.39 is 0 Å². The van der Waals surface area contributed by atoms with E-state index in [0.717, 1.165) is 16.1 Å². The van der Waals surface area contributed by atoms with Crippen LogP contribution in [0.4, 0.5) is 11.4 Å². The monoisotopic (exact) mass is 286 g/mol. The number of hydrogen-bond acceptors (Lipinski definition) is 3. The standard InChI is InChI=1S/C16H18N2OS/c1-11-5-3-6-13(9-11)20-10-16(19)18-15-8-4-7-14(17)12(15)2/h3-9H,10,17H2,1-2H3,(H,18,19). The summed E-state index contributed by atoms with van der Waals surface area (Å²) in [5.41, 5.74) is 9.39. The van der Waals surface area contributed by atoms with E-state index in [2.05, 4.69) is 11.4 Å². The highest BCUT2D eigenvalue weighted by molar-refractivity contribution is 8.00. The first kappa shape index (κ1) is 14.5. The van der Waals surface area contributed by atoms with Crippen molar-refractivity contribution in [3.63, 3.8) is 0 Å². The lowest BCUT2D eigenvalue weighted by Crippen LogP contribution is -2.15. The Labute approximate surface area is 123 Å². The molecule has 0 aliphatic rings. The van der Waals surface area contributed by atoms with Crippen molar-refractivity contribution in [2.75, 3.05) is 16.8 Å². The van der Waals surface area contributed by atoms with Crippen LogP contribution in [-0.4, -0.2) is 11.7 Å². The van der Waals surface area contributed by atoms with Crippen LogP contribution >= 0.6 is 11.8 Å². The molecule has 0 radical (unpaired) electrons. The van der Waals surface area contributed by atoms with Crippen LogP contribution in [0.5, 0.6) is 0 Å². The van der Waals surface area contributed by atoms with Gasteiger partial charge < -0.3 is 11.1 Å². The van der Waals surface area contributed by atoms with Gasteiger partial charge in [0.1, 0.15) is 0 Å². The molecule has 3 nitrogen and oxygen atoms in total. The molecule has 0 saturated heterocycles. The summed E-state index contributed by atoms with van der Waals surface area (Å²) in [5, 5.41) is 2.90. The Balaban J connectivity index is 1.94. The molecule has 2 aromatic rings. The van der Waals surface area contributed by atoms with Gasteiger partial charge in [-0.25, -0.2) is 0 Å². The van der Waals surface area contributed by atoms with Crippen LogP contribution in [0.25, 0.3) is 0 Å². The maximum absolute atomic E-state index is 12.0. The zero-order valence-electron chi connectivity index (χ0n) is 11.6. The van der Waals surface area contributed by atoms with Gasteiger partial charge in [-0.15, -0.1) is 11.8 Å². The van der Waals surface area contributed by atoms with Crippen molar-refractivity contribution in [3.05, 3.63) is 53.6 Å². The number of amides is 1. The number of rotatable bonds is 4. The van der Waals surface area contributed by atoms with Crippen molar-refractivity contribution in [2.24, 2.45) is 0 Å². The molecule has 2 rings (SSSR count). The Morgan fingerprint density at radius 2 is 1.95 bits per heavy atom. The molecule has 0 aromatic heterocycles. The number of hydrogen-bond donors (Lipinski definition) is 2. The summed E-state index contributed by atoms with van der Waals surface area (Å²) in [5.74, 6) is 0.364. The Hall–Kier alpha value is -1.94. The van der Waals surface area contributed by atoms with Crippen molar-refractivity contribution >= 4 is 29.0 Å². The summed E-state index contributed by atoms with van der Waals surface area (Å²) in [6, 6.07) is 13.7. The largest absolute Gasteiger partial charge is 0.398 e. The third-order valence-electron chi connectivity index (χ3n) is 3.01. The molecule has 0 fully saturated rings. The highest BCUT2D eigenvalue weighted by atomic mass is 32.2. The van der Waals surface area contributed by atoms with Gasteiger partial charge in [-0.05, 0) is 43.7 Å². The van der Waals surface area contributed by atoms with Crippen molar-refractivity contribution in [2.45, 2.75) is 18.7 Å². The quantitative estimate of drug-likeness (QED) is 0.667. The number of benzene rings is 2. The molecular formula is C16H18N2OS. The number of thioether (sulfide) groups is 1. The fraction of sp³-hybridized carbons (Fsp3) is 0.188. The molecule has 0 saturated carbocycles. The van der Waals surface area contributed by atoms with Crippen LogP contribution in [0.15, 0.2) is 47.4 Å². The van der Waals surface area contributed by atoms with E-state index in [1.165, 1.54) is 17.3 Å². The normalized spacial score (nSPS) is 10.3. The first-order valence-corrected chi connectivity index (χ1v) is 7.39. The zero-order valence-corrected chi connectivity index (χ0v) is 12.5. The summed E-state index contributed by atoms with van der Waals surface area (Å²) in [6.07, 6.45) is 0. The minimum absolute atomic E-state index is 0.0230. The number of anilines is 2. The van der Waals surface area contributed by atoms with E-state index in [0.29, 0.717) is 11.4 Å². The summed E-state index contributed by atoms with van der Waals surface area (Å²) in [6.45, 7) is 3.94. The molecule has 0 bridgehead atoms. The Kier molecular flexibility index (Phi) is 4.69. The second-order valence-electron chi connectivity index (χ2n) is 4.67. The van der Waals surface area contributed by atoms with E-state index in [9.17, 15) is 4.79 Å². The number of nitrogens with two attached hydrogens (primary N) is 1. The van der Waals surface area contributed by atoms with Crippen LogP contribution in [0.2, 0.25) is 0 Å². The number of aryl methyl sites for hydroxylation is 1. The molecule has 0 unspecified atom stereocenters. The first-order chi connectivity index (χ1) is 9.56. The Morgan fingerprint density at radius 1 is 1.20 bits per heavy atom. The predicted molar refractivity (Wildman–Crippen MR) is 86.1 cm³/mol. The summed E-state index contributed by atoms with van der Waals surface area (Å²) in [4.78, 5) is 13.1. The van der Waals surface area contributed by atoms with E-state index in [1.807, 2.05) is 50.2 Å². The smallest absolute Gasteiger partial charge is 0.234 e. The lowest BCUT2D eigenvalue weighted by Gasteiger charge is -2.10. The van der Waals surface area contributed by atoms with Crippen LogP contribution < -0.4 is 11.1 Å². The fourth-order valence-electron chi connectivity index (χ4n) is 1.83. The van der Waals surface area contributed by atoms with E-state index in [4.69, 9.17) is 5.73 Å². The van der Waals surface area contributed by atoms with Gasteiger partial charge in [0.15, 0.2) is 0 Å². The predicted octanol–water partition coefficient (Wildman–Crippen LogP) is 3.62. The first-order valence-electron chi connectivity index (χ1n) is 6.40. The van der Waals surface area contributed by atoms with Crippen LogP contribution in [-0.2, 0) is 4.79 Å². The van der Waals surface area contributed by atoms with Gasteiger partial charge in [-0.2, -0.15) is 0 Å². The van der Waals surface area contributed by atoms with Gasteiger partial charge in [-0.1, -0.05) is 23.8 Å². The van der Waals surface area contributed by atoms with Crippen molar-refractivity contribution in [1.29, 1.82) is 0 Å². The van der Waals surface area contributed by atoms with Crippen LogP contribution in [0.1, 0.15) is 11.1 Å². The maximum atomic E-state index is 12.0. The highest BCUT2D eigenvalue weighted by Crippen LogP contribution is 2.22. The second kappa shape index (κ2) is 6.48. The van der Waals surface area contributed by atoms with E-state index in [-0.39, 0.29) is 5.91 Å². The molecule has 0 atom stereocenters. The molecule has 104 valence electrons. The number of nitrogen functional groups attached to an aromatic ring is 1. The highest BCUT2D eigenvalue weighted by Gasteiger charge is 2.07. The summed E-state index contributed by atoms with van der Waals surface area (Å²) < 4.78 is 0. The molecule has 0 spiro atoms. The molecule has 3 N–H and O–H groups in total. The van der Waals surface area contributed by atoms with E-state index in [1.54, 1.807) is 0 Å². The van der Waals surface area contributed by atoms with Crippen molar-refractivity contribution < 1.29 is 4.79 Å².